The molecule has 0 aliphatic heterocycles. The van der Waals surface area contributed by atoms with E-state index in [9.17, 15) is 18.0 Å². The highest BCUT2D eigenvalue weighted by Crippen LogP contribution is 2.27. The van der Waals surface area contributed by atoms with Gasteiger partial charge in [-0.05, 0) is 66.3 Å². The number of ether oxygens (including phenoxy) is 1. The average molecular weight is 580 g/mol. The van der Waals surface area contributed by atoms with E-state index in [-0.39, 0.29) is 23.3 Å². The Kier molecular flexibility index (Phi) is 11.3. The molecule has 220 valence electrons. The number of nitrogens with zero attached hydrogens (tertiary/aromatic N) is 2. The number of hydrogen-bond acceptors (Lipinski definition) is 5. The average Bonchev–Trinajstić information content (AvgIpc) is 2.99. The summed E-state index contributed by atoms with van der Waals surface area (Å²) in [6, 6.07) is 21.7. The van der Waals surface area contributed by atoms with Gasteiger partial charge in [0.2, 0.25) is 11.8 Å². The number of rotatable bonds is 14. The predicted octanol–water partition coefficient (Wildman–Crippen LogP) is 5.35. The quantitative estimate of drug-likeness (QED) is 0.278. The summed E-state index contributed by atoms with van der Waals surface area (Å²) < 4.78 is 34.2. The zero-order valence-electron chi connectivity index (χ0n) is 24.5. The molecule has 8 nitrogen and oxygen atoms in total. The lowest BCUT2D eigenvalue weighted by atomic mass is 10.0. The van der Waals surface area contributed by atoms with Crippen LogP contribution in [-0.2, 0) is 26.2 Å². The van der Waals surface area contributed by atoms with E-state index in [4.69, 9.17) is 4.74 Å². The van der Waals surface area contributed by atoms with Crippen LogP contribution in [0.25, 0.3) is 0 Å². The van der Waals surface area contributed by atoms with E-state index >= 15 is 0 Å². The van der Waals surface area contributed by atoms with Gasteiger partial charge in [-0.3, -0.25) is 13.9 Å². The van der Waals surface area contributed by atoms with E-state index in [0.29, 0.717) is 24.4 Å². The van der Waals surface area contributed by atoms with Gasteiger partial charge in [0, 0.05) is 13.1 Å². The second-order valence-electron chi connectivity index (χ2n) is 10.2. The Balaban J connectivity index is 2.04. The summed E-state index contributed by atoms with van der Waals surface area (Å²) >= 11 is 0. The molecular weight excluding hydrogens is 538 g/mol. The highest BCUT2D eigenvalue weighted by Gasteiger charge is 2.33. The first-order chi connectivity index (χ1) is 19.6. The van der Waals surface area contributed by atoms with E-state index in [1.807, 2.05) is 38.1 Å². The van der Waals surface area contributed by atoms with E-state index in [2.05, 4.69) is 19.2 Å². The second-order valence-corrected chi connectivity index (χ2v) is 12.0. The molecule has 3 aromatic rings. The van der Waals surface area contributed by atoms with E-state index < -0.39 is 28.5 Å². The zero-order valence-corrected chi connectivity index (χ0v) is 25.4. The maximum Gasteiger partial charge on any atom is 0.264 e. The van der Waals surface area contributed by atoms with Crippen LogP contribution in [0, 0.1) is 0 Å². The van der Waals surface area contributed by atoms with Gasteiger partial charge in [-0.15, -0.1) is 0 Å². The summed E-state index contributed by atoms with van der Waals surface area (Å²) in [4.78, 5) is 28.8. The number of sulfonamides is 1. The first-order valence-electron chi connectivity index (χ1n) is 14.0. The minimum Gasteiger partial charge on any atom is -0.497 e. The summed E-state index contributed by atoms with van der Waals surface area (Å²) in [6.07, 6.45) is 1.12. The van der Waals surface area contributed by atoms with Crippen LogP contribution in [-0.4, -0.2) is 51.4 Å². The van der Waals surface area contributed by atoms with Crippen molar-refractivity contribution in [3.05, 3.63) is 90.0 Å². The Bertz CT molecular complexity index is 1380. The van der Waals surface area contributed by atoms with Crippen LogP contribution < -0.4 is 14.4 Å². The standard InChI is InChI=1S/C32H41N3O5S/c1-6-21-33-32(37)30(7-2)34(22-25-13-19-28(40-5)20-14-25)31(36)23-35(27-17-15-26(16-18-27)24(3)4)41(38,39)29-11-9-8-10-12-29/h8-20,24,30H,6-7,21-23H2,1-5H3,(H,33,37)/t30-/m0/s1. The molecule has 0 saturated heterocycles. The van der Waals surface area contributed by atoms with Crippen LogP contribution in [0.3, 0.4) is 0 Å². The molecule has 0 aromatic heterocycles. The largest absolute Gasteiger partial charge is 0.497 e. The van der Waals surface area contributed by atoms with Crippen LogP contribution in [0.15, 0.2) is 83.8 Å². The summed E-state index contributed by atoms with van der Waals surface area (Å²) in [5, 5.41) is 2.90. The van der Waals surface area contributed by atoms with Crippen molar-refractivity contribution in [2.75, 3.05) is 24.5 Å². The fourth-order valence-electron chi connectivity index (χ4n) is 4.49. The van der Waals surface area contributed by atoms with Crippen molar-refractivity contribution in [1.82, 2.24) is 10.2 Å². The Morgan fingerprint density at radius 2 is 1.54 bits per heavy atom. The highest BCUT2D eigenvalue weighted by atomic mass is 32.2. The fourth-order valence-corrected chi connectivity index (χ4v) is 5.92. The molecule has 2 amide bonds. The third kappa shape index (κ3) is 8.10. The topological polar surface area (TPSA) is 96.0 Å². The second kappa shape index (κ2) is 14.7. The van der Waals surface area contributed by atoms with Crippen molar-refractivity contribution >= 4 is 27.5 Å². The van der Waals surface area contributed by atoms with Gasteiger partial charge in [-0.25, -0.2) is 8.42 Å². The SMILES string of the molecule is CCCNC(=O)[C@H](CC)N(Cc1ccc(OC)cc1)C(=O)CN(c1ccc(C(C)C)cc1)S(=O)(=O)c1ccccc1. The monoisotopic (exact) mass is 579 g/mol. The summed E-state index contributed by atoms with van der Waals surface area (Å²) in [6.45, 7) is 8.06. The molecule has 0 radical (unpaired) electrons. The minimum absolute atomic E-state index is 0.0789. The van der Waals surface area contributed by atoms with Gasteiger partial charge in [0.15, 0.2) is 0 Å². The number of benzene rings is 3. The minimum atomic E-state index is -4.10. The van der Waals surface area contributed by atoms with E-state index in [1.165, 1.54) is 17.0 Å². The molecule has 0 heterocycles. The molecule has 3 aromatic carbocycles. The molecular formula is C32H41N3O5S. The van der Waals surface area contributed by atoms with Crippen LogP contribution in [0.1, 0.15) is 57.6 Å². The first-order valence-corrected chi connectivity index (χ1v) is 15.4. The Morgan fingerprint density at radius 1 is 0.902 bits per heavy atom. The van der Waals surface area contributed by atoms with Gasteiger partial charge in [0.05, 0.1) is 17.7 Å². The fraction of sp³-hybridized carbons (Fsp3) is 0.375. The third-order valence-corrected chi connectivity index (χ3v) is 8.69. The number of carbonyl (C=O) groups excluding carboxylic acids is 2. The van der Waals surface area contributed by atoms with Crippen molar-refractivity contribution in [3.8, 4) is 5.75 Å². The molecule has 3 rings (SSSR count). The molecule has 0 unspecified atom stereocenters. The molecule has 0 aliphatic carbocycles. The number of hydrogen-bond donors (Lipinski definition) is 1. The molecule has 1 N–H and O–H groups in total. The van der Waals surface area contributed by atoms with Gasteiger partial charge in [0.1, 0.15) is 18.3 Å². The van der Waals surface area contributed by atoms with Crippen molar-refractivity contribution in [2.24, 2.45) is 0 Å². The first kappa shape index (κ1) is 31.7. The highest BCUT2D eigenvalue weighted by molar-refractivity contribution is 7.92. The van der Waals surface area contributed by atoms with Gasteiger partial charge in [-0.2, -0.15) is 0 Å². The van der Waals surface area contributed by atoms with Gasteiger partial charge in [-0.1, -0.05) is 70.2 Å². The van der Waals surface area contributed by atoms with Crippen molar-refractivity contribution in [3.63, 3.8) is 0 Å². The van der Waals surface area contributed by atoms with Crippen LogP contribution >= 0.6 is 0 Å². The maximum atomic E-state index is 14.1. The van der Waals surface area contributed by atoms with E-state index in [0.717, 1.165) is 21.9 Å². The Morgan fingerprint density at radius 3 is 2.07 bits per heavy atom. The smallest absolute Gasteiger partial charge is 0.264 e. The lowest BCUT2D eigenvalue weighted by Gasteiger charge is -2.33. The molecule has 0 bridgehead atoms. The molecule has 0 saturated carbocycles. The van der Waals surface area contributed by atoms with Crippen LogP contribution in [0.2, 0.25) is 0 Å². The van der Waals surface area contributed by atoms with Gasteiger partial charge < -0.3 is 15.0 Å². The molecule has 0 spiro atoms. The molecule has 0 aliphatic rings. The van der Waals surface area contributed by atoms with Crippen LogP contribution in [0.5, 0.6) is 5.75 Å². The lowest BCUT2D eigenvalue weighted by molar-refractivity contribution is -0.140. The maximum absolute atomic E-state index is 14.1. The van der Waals surface area contributed by atoms with Crippen molar-refractivity contribution in [1.29, 1.82) is 0 Å². The number of nitrogens with one attached hydrogen (secondary N) is 1. The molecule has 41 heavy (non-hydrogen) atoms. The summed E-state index contributed by atoms with van der Waals surface area (Å²) in [5.74, 6) is 0.183. The number of anilines is 1. The molecule has 0 fully saturated rings. The predicted molar refractivity (Wildman–Crippen MR) is 162 cm³/mol. The van der Waals surface area contributed by atoms with Gasteiger partial charge >= 0.3 is 0 Å². The molecule has 1 atom stereocenters. The Hall–Kier alpha value is -3.85. The van der Waals surface area contributed by atoms with Gasteiger partial charge in [0.25, 0.3) is 10.0 Å². The van der Waals surface area contributed by atoms with Crippen LogP contribution in [0.4, 0.5) is 5.69 Å². The van der Waals surface area contributed by atoms with Crippen molar-refractivity contribution < 1.29 is 22.7 Å². The zero-order chi connectivity index (χ0) is 30.0. The van der Waals surface area contributed by atoms with Crippen molar-refractivity contribution in [2.45, 2.75) is 63.9 Å². The molecule has 9 heteroatoms. The summed E-state index contributed by atoms with van der Waals surface area (Å²) in [7, 11) is -2.52. The summed E-state index contributed by atoms with van der Waals surface area (Å²) in [5.41, 5.74) is 2.22. The lowest BCUT2D eigenvalue weighted by Crippen LogP contribution is -2.52. The third-order valence-electron chi connectivity index (χ3n) is 6.90. The Labute approximate surface area is 244 Å². The van der Waals surface area contributed by atoms with E-state index in [1.54, 1.807) is 49.6 Å². The number of amides is 2. The number of carbonyl (C=O) groups is 2. The number of methoxy groups -OCH3 is 1. The normalized spacial score (nSPS) is 12.0.